The van der Waals surface area contributed by atoms with Crippen molar-refractivity contribution < 1.29 is 9.53 Å². The molecule has 5 nitrogen and oxygen atoms in total. The number of carbonyl (C=O) groups is 1. The van der Waals surface area contributed by atoms with Gasteiger partial charge in [0.1, 0.15) is 11.4 Å². The number of ether oxygens (including phenoxy) is 1. The Morgan fingerprint density at radius 2 is 1.64 bits per heavy atom. The summed E-state index contributed by atoms with van der Waals surface area (Å²) in [5.74, 6) is 0.878. The van der Waals surface area contributed by atoms with Crippen LogP contribution in [-0.2, 0) is 35.2 Å². The molecular weight excluding hydrogens is 434 g/mol. The van der Waals surface area contributed by atoms with Gasteiger partial charge in [0.2, 0.25) is 0 Å². The number of benzene rings is 1. The van der Waals surface area contributed by atoms with Crippen molar-refractivity contribution >= 4 is 17.6 Å². The van der Waals surface area contributed by atoms with Crippen LogP contribution in [0.3, 0.4) is 0 Å². The Morgan fingerprint density at radius 1 is 0.970 bits per heavy atom. The molecule has 0 bridgehead atoms. The number of hydrogen-bond donors (Lipinski definition) is 0. The lowest BCUT2D eigenvalue weighted by Crippen LogP contribution is -2.25. The molecule has 2 aromatic heterocycles. The van der Waals surface area contributed by atoms with E-state index in [2.05, 4.69) is 52.2 Å². The number of carbonyl (C=O) groups excluding carboxylic acids is 1. The van der Waals surface area contributed by atoms with Crippen LogP contribution in [0, 0.1) is 5.92 Å². The van der Waals surface area contributed by atoms with E-state index in [9.17, 15) is 4.79 Å². The summed E-state index contributed by atoms with van der Waals surface area (Å²) in [6.45, 7) is 7.77. The average Bonchev–Trinajstić information content (AvgIpc) is 2.73. The molecule has 0 radical (unpaired) electrons. The highest BCUT2D eigenvalue weighted by molar-refractivity contribution is 6.30. The van der Waals surface area contributed by atoms with Crippen molar-refractivity contribution in [2.24, 2.45) is 5.92 Å². The first-order valence-corrected chi connectivity index (χ1v) is 11.7. The summed E-state index contributed by atoms with van der Waals surface area (Å²) in [6, 6.07) is 12.8. The second kappa shape index (κ2) is 11.4. The summed E-state index contributed by atoms with van der Waals surface area (Å²) in [5, 5.41) is 0.550. The highest BCUT2D eigenvalue weighted by atomic mass is 35.5. The third-order valence-electron chi connectivity index (χ3n) is 5.12. The van der Waals surface area contributed by atoms with Crippen LogP contribution in [0.2, 0.25) is 5.02 Å². The molecule has 0 saturated heterocycles. The molecule has 174 valence electrons. The first-order valence-electron chi connectivity index (χ1n) is 11.4. The van der Waals surface area contributed by atoms with Gasteiger partial charge in [-0.15, -0.1) is 0 Å². The van der Waals surface area contributed by atoms with Gasteiger partial charge in [-0.1, -0.05) is 42.8 Å². The highest BCUT2D eigenvalue weighted by Gasteiger charge is 2.18. The number of esters is 1. The van der Waals surface area contributed by atoms with Crippen LogP contribution >= 0.6 is 11.6 Å². The molecule has 1 unspecified atom stereocenters. The van der Waals surface area contributed by atoms with Crippen LogP contribution in [-0.4, -0.2) is 26.5 Å². The number of nitrogens with zero attached hydrogens (tertiary/aromatic N) is 3. The third kappa shape index (κ3) is 8.93. The van der Waals surface area contributed by atoms with Gasteiger partial charge in [0.15, 0.2) is 0 Å². The highest BCUT2D eigenvalue weighted by Crippen LogP contribution is 2.18. The van der Waals surface area contributed by atoms with Gasteiger partial charge in [-0.05, 0) is 68.4 Å². The summed E-state index contributed by atoms with van der Waals surface area (Å²) in [7, 11) is 0. The molecule has 2 heterocycles. The summed E-state index contributed by atoms with van der Waals surface area (Å²) in [4.78, 5) is 25.1. The molecular formula is C27H32ClN3O2. The van der Waals surface area contributed by atoms with E-state index in [0.717, 1.165) is 37.2 Å². The minimum Gasteiger partial charge on any atom is -0.460 e. The minimum absolute atomic E-state index is 0.139. The van der Waals surface area contributed by atoms with Crippen LogP contribution in [0.4, 0.5) is 0 Å². The lowest BCUT2D eigenvalue weighted by molar-refractivity contribution is -0.155. The van der Waals surface area contributed by atoms with E-state index in [1.807, 2.05) is 33.0 Å². The fourth-order valence-electron chi connectivity index (χ4n) is 3.65. The van der Waals surface area contributed by atoms with E-state index in [1.54, 1.807) is 12.4 Å². The zero-order valence-corrected chi connectivity index (χ0v) is 20.6. The Balaban J connectivity index is 1.51. The molecule has 33 heavy (non-hydrogen) atoms. The first-order chi connectivity index (χ1) is 15.7. The predicted molar refractivity (Wildman–Crippen MR) is 131 cm³/mol. The summed E-state index contributed by atoms with van der Waals surface area (Å²) in [5.41, 5.74) is 4.25. The van der Waals surface area contributed by atoms with E-state index >= 15 is 0 Å². The largest absolute Gasteiger partial charge is 0.460 e. The second-order valence-corrected chi connectivity index (χ2v) is 10.0. The Morgan fingerprint density at radius 3 is 2.30 bits per heavy atom. The van der Waals surface area contributed by atoms with Crippen LogP contribution in [0.5, 0.6) is 0 Å². The van der Waals surface area contributed by atoms with Gasteiger partial charge in [-0.3, -0.25) is 9.78 Å². The molecule has 0 spiro atoms. The zero-order valence-electron chi connectivity index (χ0n) is 19.8. The number of aryl methyl sites for hydroxylation is 2. The molecule has 1 atom stereocenters. The van der Waals surface area contributed by atoms with Crippen LogP contribution in [0.15, 0.2) is 55.0 Å². The number of rotatable bonds is 9. The van der Waals surface area contributed by atoms with E-state index < -0.39 is 5.60 Å². The molecule has 3 aromatic rings. The monoisotopic (exact) mass is 465 g/mol. The fraction of sp³-hybridized carbons (Fsp3) is 0.407. The predicted octanol–water partition coefficient (Wildman–Crippen LogP) is 5.81. The number of halogens is 1. The van der Waals surface area contributed by atoms with Gasteiger partial charge < -0.3 is 4.74 Å². The van der Waals surface area contributed by atoms with Crippen molar-refractivity contribution in [3.05, 3.63) is 88.2 Å². The summed E-state index contributed by atoms with van der Waals surface area (Å²) in [6.07, 6.45) is 8.78. The topological polar surface area (TPSA) is 65.0 Å². The van der Waals surface area contributed by atoms with Gasteiger partial charge in [-0.2, -0.15) is 0 Å². The van der Waals surface area contributed by atoms with Gasteiger partial charge in [0.25, 0.3) is 0 Å². The zero-order chi connectivity index (χ0) is 23.8. The van der Waals surface area contributed by atoms with E-state index in [0.29, 0.717) is 11.4 Å². The standard InChI is InChI=1S/C27H32ClN3O2/c1-19(14-26(32)33-27(2,3)4)13-20-5-7-21(8-6-20)15-24-16-22(11-12-29-24)9-10-25-30-17-23(28)18-31-25/h5-8,11-12,16-19H,9-10,13-15H2,1-4H3. The first kappa shape index (κ1) is 24.8. The molecule has 0 aliphatic heterocycles. The molecule has 0 N–H and O–H groups in total. The maximum Gasteiger partial charge on any atom is 0.306 e. The van der Waals surface area contributed by atoms with Gasteiger partial charge >= 0.3 is 5.97 Å². The third-order valence-corrected chi connectivity index (χ3v) is 5.31. The SMILES string of the molecule is CC(CC(=O)OC(C)(C)C)Cc1ccc(Cc2cc(CCc3ncc(Cl)cn3)ccn2)cc1. The van der Waals surface area contributed by atoms with E-state index in [1.165, 1.54) is 16.7 Å². The fourth-order valence-corrected chi connectivity index (χ4v) is 3.75. The van der Waals surface area contributed by atoms with E-state index in [-0.39, 0.29) is 11.9 Å². The Kier molecular flexibility index (Phi) is 8.56. The van der Waals surface area contributed by atoms with Crippen molar-refractivity contribution in [1.82, 2.24) is 15.0 Å². The van der Waals surface area contributed by atoms with Gasteiger partial charge in [0.05, 0.1) is 5.02 Å². The maximum absolute atomic E-state index is 12.0. The molecule has 0 saturated carbocycles. The number of aromatic nitrogens is 3. The number of hydrogen-bond acceptors (Lipinski definition) is 5. The smallest absolute Gasteiger partial charge is 0.306 e. The molecule has 6 heteroatoms. The summed E-state index contributed by atoms with van der Waals surface area (Å²) < 4.78 is 5.43. The van der Waals surface area contributed by atoms with Crippen molar-refractivity contribution in [3.8, 4) is 0 Å². The molecule has 3 rings (SSSR count). The van der Waals surface area contributed by atoms with Crippen LogP contribution in [0.25, 0.3) is 0 Å². The normalized spacial score (nSPS) is 12.4. The summed E-state index contributed by atoms with van der Waals surface area (Å²) >= 11 is 5.85. The quantitative estimate of drug-likeness (QED) is 0.373. The molecule has 0 fully saturated rings. The Bertz CT molecular complexity index is 1040. The maximum atomic E-state index is 12.0. The Labute approximate surface area is 201 Å². The second-order valence-electron chi connectivity index (χ2n) is 9.57. The lowest BCUT2D eigenvalue weighted by atomic mass is 9.96. The van der Waals surface area contributed by atoms with Crippen molar-refractivity contribution in [1.29, 1.82) is 0 Å². The average molecular weight is 466 g/mol. The lowest BCUT2D eigenvalue weighted by Gasteiger charge is -2.21. The van der Waals surface area contributed by atoms with Crippen molar-refractivity contribution in [2.45, 2.75) is 65.4 Å². The van der Waals surface area contributed by atoms with Gasteiger partial charge in [-0.25, -0.2) is 9.97 Å². The van der Waals surface area contributed by atoms with Crippen LogP contribution < -0.4 is 0 Å². The molecule has 0 aliphatic rings. The van der Waals surface area contributed by atoms with Gasteiger partial charge in [0, 0.05) is 43.5 Å². The Hall–Kier alpha value is -2.79. The number of pyridine rings is 1. The molecule has 0 aliphatic carbocycles. The minimum atomic E-state index is -0.437. The van der Waals surface area contributed by atoms with Crippen molar-refractivity contribution in [3.63, 3.8) is 0 Å². The van der Waals surface area contributed by atoms with Crippen molar-refractivity contribution in [2.75, 3.05) is 0 Å². The van der Waals surface area contributed by atoms with E-state index in [4.69, 9.17) is 16.3 Å². The molecule has 0 amide bonds. The van der Waals surface area contributed by atoms with Crippen LogP contribution in [0.1, 0.15) is 62.3 Å². The molecule has 1 aromatic carbocycles.